The van der Waals surface area contributed by atoms with E-state index in [9.17, 15) is 8.42 Å². The van der Waals surface area contributed by atoms with Crippen molar-refractivity contribution in [3.05, 3.63) is 35.9 Å². The highest BCUT2D eigenvalue weighted by molar-refractivity contribution is 7.89. The lowest BCUT2D eigenvalue weighted by molar-refractivity contribution is 0.258. The molecule has 1 atom stereocenters. The topological polar surface area (TPSA) is 63.4 Å². The van der Waals surface area contributed by atoms with Crippen LogP contribution in [0.3, 0.4) is 0 Å². The van der Waals surface area contributed by atoms with Gasteiger partial charge in [-0.1, -0.05) is 30.3 Å². The largest absolute Gasteiger partial charge is 0.315 e. The molecule has 1 aromatic rings. The molecule has 1 aliphatic rings. The quantitative estimate of drug-likeness (QED) is 0.896. The Bertz CT molecular complexity index is 473. The van der Waals surface area contributed by atoms with Crippen molar-refractivity contribution >= 4 is 10.0 Å². The molecule has 1 unspecified atom stereocenters. The van der Waals surface area contributed by atoms with Crippen LogP contribution in [0.1, 0.15) is 24.8 Å². The van der Waals surface area contributed by atoms with Crippen molar-refractivity contribution in [1.29, 1.82) is 0 Å². The third kappa shape index (κ3) is 3.31. The van der Waals surface area contributed by atoms with Gasteiger partial charge < -0.3 is 5.73 Å². The van der Waals surface area contributed by atoms with E-state index in [1.165, 1.54) is 4.31 Å². The average molecular weight is 268 g/mol. The van der Waals surface area contributed by atoms with Crippen LogP contribution in [-0.4, -0.2) is 31.2 Å². The summed E-state index contributed by atoms with van der Waals surface area (Å²) in [6.45, 7) is 0.568. The third-order valence-electron chi connectivity index (χ3n) is 3.35. The van der Waals surface area contributed by atoms with E-state index in [1.807, 2.05) is 30.3 Å². The smallest absolute Gasteiger partial charge is 0.215 e. The summed E-state index contributed by atoms with van der Waals surface area (Å²) < 4.78 is 25.9. The number of benzene rings is 1. The number of nitrogens with two attached hydrogens (primary N) is 1. The Morgan fingerprint density at radius 2 is 1.94 bits per heavy atom. The third-order valence-corrected chi connectivity index (χ3v) is 5.24. The van der Waals surface area contributed by atoms with Gasteiger partial charge in [0.25, 0.3) is 0 Å². The number of aryl methyl sites for hydroxylation is 1. The molecule has 100 valence electrons. The van der Waals surface area contributed by atoms with Gasteiger partial charge >= 0.3 is 0 Å². The lowest BCUT2D eigenvalue weighted by atomic mass is 10.1. The molecule has 1 aromatic carbocycles. The Balaban J connectivity index is 1.99. The number of sulfonamides is 1. The normalized spacial score (nSPS) is 21.9. The highest BCUT2D eigenvalue weighted by atomic mass is 32.2. The van der Waals surface area contributed by atoms with E-state index in [1.54, 1.807) is 0 Å². The fraction of sp³-hybridized carbons (Fsp3) is 0.538. The van der Waals surface area contributed by atoms with Crippen LogP contribution in [0.15, 0.2) is 30.3 Å². The van der Waals surface area contributed by atoms with Crippen molar-refractivity contribution in [3.8, 4) is 0 Å². The summed E-state index contributed by atoms with van der Waals surface area (Å²) >= 11 is 0. The first-order valence-corrected chi connectivity index (χ1v) is 7.99. The van der Waals surface area contributed by atoms with E-state index in [0.717, 1.165) is 24.8 Å². The van der Waals surface area contributed by atoms with Crippen molar-refractivity contribution in [3.63, 3.8) is 0 Å². The predicted molar refractivity (Wildman–Crippen MR) is 72.5 cm³/mol. The van der Waals surface area contributed by atoms with Crippen LogP contribution in [0.25, 0.3) is 0 Å². The van der Waals surface area contributed by atoms with Gasteiger partial charge in [-0.05, 0) is 31.2 Å². The summed E-state index contributed by atoms with van der Waals surface area (Å²) in [4.78, 5) is 0. The molecule has 5 heteroatoms. The molecule has 0 radical (unpaired) electrons. The summed E-state index contributed by atoms with van der Waals surface area (Å²) in [6, 6.07) is 9.68. The van der Waals surface area contributed by atoms with Crippen LogP contribution in [0.4, 0.5) is 0 Å². The minimum Gasteiger partial charge on any atom is -0.315 e. The van der Waals surface area contributed by atoms with Gasteiger partial charge in [-0.15, -0.1) is 0 Å². The van der Waals surface area contributed by atoms with Gasteiger partial charge in [0.1, 0.15) is 0 Å². The molecule has 0 aliphatic carbocycles. The fourth-order valence-corrected chi connectivity index (χ4v) is 3.94. The SMILES string of the molecule is NC1CCCCN1S(=O)(=O)CCc1ccccc1. The summed E-state index contributed by atoms with van der Waals surface area (Å²) in [5.74, 6) is 0.144. The molecule has 4 nitrogen and oxygen atoms in total. The van der Waals surface area contributed by atoms with Crippen molar-refractivity contribution in [2.24, 2.45) is 5.73 Å². The fourth-order valence-electron chi connectivity index (χ4n) is 2.29. The molecule has 18 heavy (non-hydrogen) atoms. The molecule has 0 bridgehead atoms. The summed E-state index contributed by atoms with van der Waals surface area (Å²) in [6.07, 6.45) is 2.92. The number of piperidine rings is 1. The van der Waals surface area contributed by atoms with Gasteiger partial charge in [-0.3, -0.25) is 0 Å². The van der Waals surface area contributed by atoms with Crippen LogP contribution in [0.2, 0.25) is 0 Å². The monoisotopic (exact) mass is 268 g/mol. The van der Waals surface area contributed by atoms with E-state index in [0.29, 0.717) is 13.0 Å². The van der Waals surface area contributed by atoms with E-state index in [2.05, 4.69) is 0 Å². The van der Waals surface area contributed by atoms with Crippen LogP contribution in [0.5, 0.6) is 0 Å². The molecule has 1 fully saturated rings. The van der Waals surface area contributed by atoms with E-state index >= 15 is 0 Å². The van der Waals surface area contributed by atoms with Gasteiger partial charge in [-0.2, -0.15) is 4.31 Å². The van der Waals surface area contributed by atoms with Crippen molar-refractivity contribution in [2.45, 2.75) is 31.8 Å². The van der Waals surface area contributed by atoms with Gasteiger partial charge in [0.2, 0.25) is 10.0 Å². The first kappa shape index (κ1) is 13.5. The Kier molecular flexibility index (Phi) is 4.37. The van der Waals surface area contributed by atoms with E-state index in [4.69, 9.17) is 5.73 Å². The van der Waals surface area contributed by atoms with Crippen molar-refractivity contribution in [1.82, 2.24) is 4.31 Å². The van der Waals surface area contributed by atoms with Gasteiger partial charge in [0, 0.05) is 6.54 Å². The first-order chi connectivity index (χ1) is 8.59. The zero-order chi connectivity index (χ0) is 13.0. The Morgan fingerprint density at radius 3 is 2.61 bits per heavy atom. The van der Waals surface area contributed by atoms with Gasteiger partial charge in [0.05, 0.1) is 11.9 Å². The molecule has 1 aliphatic heterocycles. The minimum atomic E-state index is -3.22. The van der Waals surface area contributed by atoms with Crippen LogP contribution >= 0.6 is 0 Å². The van der Waals surface area contributed by atoms with E-state index in [-0.39, 0.29) is 11.9 Å². The maximum Gasteiger partial charge on any atom is 0.215 e. The second-order valence-corrected chi connectivity index (χ2v) is 6.77. The summed E-state index contributed by atoms with van der Waals surface area (Å²) in [5, 5.41) is 0. The molecule has 0 saturated carbocycles. The second-order valence-electron chi connectivity index (χ2n) is 4.73. The highest BCUT2D eigenvalue weighted by Crippen LogP contribution is 2.18. The maximum absolute atomic E-state index is 12.2. The van der Waals surface area contributed by atoms with Gasteiger partial charge in [-0.25, -0.2) is 8.42 Å². The summed E-state index contributed by atoms with van der Waals surface area (Å²) in [5.41, 5.74) is 6.93. The highest BCUT2D eigenvalue weighted by Gasteiger charge is 2.29. The standard InChI is InChI=1S/C13H20N2O2S/c14-13-8-4-5-10-15(13)18(16,17)11-9-12-6-2-1-3-7-12/h1-3,6-7,13H,4-5,8-11,14H2. The summed E-state index contributed by atoms with van der Waals surface area (Å²) in [7, 11) is -3.22. The lowest BCUT2D eigenvalue weighted by Crippen LogP contribution is -2.49. The Hall–Kier alpha value is -0.910. The molecule has 0 spiro atoms. The average Bonchev–Trinajstić information content (AvgIpc) is 2.38. The molecule has 0 aromatic heterocycles. The number of hydrogen-bond acceptors (Lipinski definition) is 3. The number of rotatable bonds is 4. The zero-order valence-electron chi connectivity index (χ0n) is 10.5. The zero-order valence-corrected chi connectivity index (χ0v) is 11.3. The molecule has 2 rings (SSSR count). The molecular weight excluding hydrogens is 248 g/mol. The molecular formula is C13H20N2O2S. The van der Waals surface area contributed by atoms with Crippen LogP contribution in [0, 0.1) is 0 Å². The maximum atomic E-state index is 12.2. The molecule has 1 saturated heterocycles. The molecule has 2 N–H and O–H groups in total. The Labute approximate surface area is 109 Å². The Morgan fingerprint density at radius 1 is 1.22 bits per heavy atom. The number of hydrogen-bond donors (Lipinski definition) is 1. The molecule has 0 amide bonds. The number of nitrogens with zero attached hydrogens (tertiary/aromatic N) is 1. The second kappa shape index (κ2) is 5.82. The minimum absolute atomic E-state index is 0.144. The van der Waals surface area contributed by atoms with Crippen LogP contribution in [-0.2, 0) is 16.4 Å². The van der Waals surface area contributed by atoms with Crippen molar-refractivity contribution < 1.29 is 8.42 Å². The van der Waals surface area contributed by atoms with Crippen molar-refractivity contribution in [2.75, 3.05) is 12.3 Å². The van der Waals surface area contributed by atoms with Crippen LogP contribution < -0.4 is 5.73 Å². The molecule has 1 heterocycles. The predicted octanol–water partition coefficient (Wildman–Crippen LogP) is 1.33. The first-order valence-electron chi connectivity index (χ1n) is 6.38. The lowest BCUT2D eigenvalue weighted by Gasteiger charge is -2.31. The van der Waals surface area contributed by atoms with Gasteiger partial charge in [0.15, 0.2) is 0 Å². The van der Waals surface area contributed by atoms with E-state index < -0.39 is 10.0 Å².